The van der Waals surface area contributed by atoms with Gasteiger partial charge in [0.25, 0.3) is 0 Å². The predicted octanol–water partition coefficient (Wildman–Crippen LogP) is 11.9. The molecule has 578 valence electrons. The second-order valence-corrected chi connectivity index (χ2v) is 24.1. The maximum atomic E-state index is 12.4. The van der Waals surface area contributed by atoms with Crippen LogP contribution in [0.3, 0.4) is 0 Å². The lowest BCUT2D eigenvalue weighted by atomic mass is 9.80. The van der Waals surface area contributed by atoms with Crippen LogP contribution in [0.25, 0.3) is 33.8 Å². The number of nitrogens with one attached hydrogen (secondary N) is 2. The number of carbonyl (C=O) groups excluding carboxylic acids is 1. The summed E-state index contributed by atoms with van der Waals surface area (Å²) in [7, 11) is -1.55. The average molecular weight is 1650 g/mol. The third-order valence-corrected chi connectivity index (χ3v) is 15.6. The molecule has 7 aromatic heterocycles. The highest BCUT2D eigenvalue weighted by atomic mass is 35.5. The summed E-state index contributed by atoms with van der Waals surface area (Å²) >= 11 is 40.3. The van der Waals surface area contributed by atoms with E-state index in [1.807, 2.05) is 19.9 Å². The van der Waals surface area contributed by atoms with E-state index in [2.05, 4.69) is 71.9 Å². The Kier molecular flexibility index (Phi) is 41.2. The average Bonchev–Trinajstić information content (AvgIpc) is 1.22. The van der Waals surface area contributed by atoms with Gasteiger partial charge < -0.3 is 62.8 Å². The highest BCUT2D eigenvalue weighted by molar-refractivity contribution is 6.58. The SMILES string of the molecule is C.C.CC[C@@H](C#N)CC(=O)c1ccc(-c2nc(Nc3cnn(CCO)c3)ncc2Cl)cc1.CC[C@H](N)C#N.Clc1ncc(Cl)c(Cl)n1.Nc1cnn(CCO)c1.O=C(O)c1ccc(-c2nc(Cl)ncc2Cl)cc1.O=C(O)c1ccc(-c2nc(Nc3cnn(CCO)c3)ncc2Cl)cc1.O=C(O)c1ccc(B(O)O)cc1. The van der Waals surface area contributed by atoms with Crippen molar-refractivity contribution in [3.05, 3.63) is 217 Å². The van der Waals surface area contributed by atoms with Gasteiger partial charge in [-0.05, 0) is 77.9 Å². The monoisotopic (exact) mass is 1640 g/mol. The summed E-state index contributed by atoms with van der Waals surface area (Å²) in [6.45, 7) is 5.17. The number of carbonyl (C=O) groups is 4. The lowest BCUT2D eigenvalue weighted by Gasteiger charge is -2.09. The number of nitriles is 2. The van der Waals surface area contributed by atoms with Crippen molar-refractivity contribution in [1.82, 2.24) is 69.2 Å². The van der Waals surface area contributed by atoms with Gasteiger partial charge in [0.1, 0.15) is 0 Å². The third kappa shape index (κ3) is 31.4. The number of nitrogens with zero attached hydrogens (tertiary/aromatic N) is 16. The molecule has 0 saturated heterocycles. The first kappa shape index (κ1) is 93.4. The number of aromatic nitrogens is 14. The molecule has 0 bridgehead atoms. The Morgan fingerprint density at radius 1 is 0.491 bits per heavy atom. The summed E-state index contributed by atoms with van der Waals surface area (Å²) in [5.74, 6) is -2.68. The first-order valence-electron chi connectivity index (χ1n) is 31.4. The van der Waals surface area contributed by atoms with Gasteiger partial charge in [0.15, 0.2) is 10.9 Å². The van der Waals surface area contributed by atoms with Crippen LogP contribution in [-0.2, 0) is 19.6 Å². The number of nitrogen functional groups attached to an aromatic ring is 1. The lowest BCUT2D eigenvalue weighted by Crippen LogP contribution is -2.29. The fourth-order valence-electron chi connectivity index (χ4n) is 8.17. The van der Waals surface area contributed by atoms with E-state index in [1.54, 1.807) is 99.8 Å². The van der Waals surface area contributed by atoms with Crippen molar-refractivity contribution in [2.75, 3.05) is 36.2 Å². The normalized spacial score (nSPS) is 10.5. The van der Waals surface area contributed by atoms with E-state index in [1.165, 1.54) is 73.3 Å². The maximum Gasteiger partial charge on any atom is 0.488 e. The molecule has 0 saturated carbocycles. The van der Waals surface area contributed by atoms with Crippen LogP contribution in [0.15, 0.2) is 159 Å². The smallest absolute Gasteiger partial charge is 0.478 e. The summed E-state index contributed by atoms with van der Waals surface area (Å²) in [5.41, 5.74) is 17.4. The minimum Gasteiger partial charge on any atom is -0.478 e. The van der Waals surface area contributed by atoms with E-state index in [-0.39, 0.29) is 96.7 Å². The van der Waals surface area contributed by atoms with E-state index in [0.717, 1.165) is 12.0 Å². The van der Waals surface area contributed by atoms with Crippen molar-refractivity contribution in [2.24, 2.45) is 11.7 Å². The molecule has 0 spiro atoms. The zero-order chi connectivity index (χ0) is 79.4. The Morgan fingerprint density at radius 3 is 1.18 bits per heavy atom. The molecule has 0 aliphatic carbocycles. The summed E-state index contributed by atoms with van der Waals surface area (Å²) < 4.78 is 4.78. The standard InChI is InChI=1S/C21H21ClN6O2.C16H14ClN5O3.C11H6Cl2N2O2.C7H7BO4.C5H9N3O.C4HCl3N2.C4H8N2.2CH4/c1-2-14(10-23)9-19(30)15-3-5-16(6-4-15)20-18(22)12-24-21(27-20)26-17-11-25-28(13-17)7-8-29;17-13-8-18-16(20-12-7-19-22(9-12)5-6-23)21-14(13)10-1-3-11(4-2-10)15(24)25;12-8-5-14-11(13)15-9(8)6-1-3-7(4-2-6)10(16)17;9-7(10)5-1-3-6(4-2-5)8(11)12;6-5-3-7-8(4-5)1-2-9;5-2-1-8-4(7)9-3(2)6;1-2-4(6)3-5;;/h3-6,11-14,29H,2,7-9H2,1H3,(H,24,26,27);1-4,7-9,23H,5-6H2,(H,24,25)(H,18,20,21);1-5H,(H,16,17);1-4,11-12H,(H,9,10);3-4,9H,1-2,6H2;1H;4H,2,6H2,1H3;2*1H4/t14-;;;;;;4-;;/m1.....0../s1. The van der Waals surface area contributed by atoms with E-state index in [0.29, 0.717) is 109 Å². The van der Waals surface area contributed by atoms with Crippen molar-refractivity contribution < 1.29 is 59.9 Å². The Hall–Kier alpha value is -10.9. The van der Waals surface area contributed by atoms with Gasteiger partial charge in [0.2, 0.25) is 22.5 Å². The molecule has 14 N–H and O–H groups in total. The second-order valence-electron chi connectivity index (χ2n) is 21.5. The Morgan fingerprint density at radius 2 is 0.855 bits per heavy atom. The van der Waals surface area contributed by atoms with E-state index in [4.69, 9.17) is 144 Å². The quantitative estimate of drug-likeness (QED) is 0.0130. The number of ketones is 1. The number of nitrogens with two attached hydrogens (primary N) is 2. The molecule has 2 atom stereocenters. The van der Waals surface area contributed by atoms with Gasteiger partial charge in [0.05, 0.1) is 178 Å². The van der Waals surface area contributed by atoms with E-state index >= 15 is 0 Å². The predicted molar refractivity (Wildman–Crippen MR) is 421 cm³/mol. The minimum absolute atomic E-state index is 0. The van der Waals surface area contributed by atoms with Crippen LogP contribution in [0.4, 0.5) is 29.0 Å². The van der Waals surface area contributed by atoms with Crippen LogP contribution in [0.2, 0.25) is 35.8 Å². The van der Waals surface area contributed by atoms with Crippen LogP contribution in [0, 0.1) is 28.6 Å². The molecule has 40 heteroatoms. The van der Waals surface area contributed by atoms with Crippen LogP contribution in [-0.4, -0.2) is 167 Å². The fourth-order valence-corrected chi connectivity index (χ4v) is 9.30. The molecule has 110 heavy (non-hydrogen) atoms. The number of Topliss-reactive ketones (excluding diaryl/α,β-unsaturated/α-hetero) is 1. The van der Waals surface area contributed by atoms with Crippen molar-refractivity contribution in [3.8, 4) is 45.9 Å². The fraction of sp³-hybridized carbons (Fsp3) is 0.214. The highest BCUT2D eigenvalue weighted by Crippen LogP contribution is 2.31. The lowest BCUT2D eigenvalue weighted by molar-refractivity contribution is 0.0686. The molecule has 32 nitrogen and oxygen atoms in total. The molecule has 0 amide bonds. The van der Waals surface area contributed by atoms with Crippen molar-refractivity contribution >= 4 is 146 Å². The zero-order valence-electron chi connectivity index (χ0n) is 56.8. The molecule has 0 radical (unpaired) electrons. The number of aliphatic hydroxyl groups excluding tert-OH is 3. The number of benzene rings is 4. The molecule has 0 aliphatic rings. The number of carboxylic acid groups (broad SMARTS) is 3. The van der Waals surface area contributed by atoms with Crippen LogP contribution >= 0.6 is 81.2 Å². The summed E-state index contributed by atoms with van der Waals surface area (Å²) in [5, 5.41) is 107. The molecule has 4 aromatic carbocycles. The summed E-state index contributed by atoms with van der Waals surface area (Å²) in [4.78, 5) is 76.4. The molecule has 11 rings (SSSR count). The van der Waals surface area contributed by atoms with Crippen molar-refractivity contribution in [2.45, 2.75) is 73.6 Å². The van der Waals surface area contributed by atoms with Gasteiger partial charge in [-0.2, -0.15) is 25.8 Å². The number of hydrogen-bond acceptors (Lipinski definition) is 26. The number of aromatic carboxylic acids is 3. The Bertz CT molecular complexity index is 4810. The van der Waals surface area contributed by atoms with Gasteiger partial charge in [-0.15, -0.1) is 0 Å². The number of anilines is 5. The molecule has 11 aromatic rings. The van der Waals surface area contributed by atoms with Gasteiger partial charge in [-0.25, -0.2) is 54.3 Å². The highest BCUT2D eigenvalue weighted by Gasteiger charge is 2.17. The van der Waals surface area contributed by atoms with Crippen LogP contribution < -0.4 is 27.6 Å². The van der Waals surface area contributed by atoms with Crippen molar-refractivity contribution in [1.29, 1.82) is 10.5 Å². The topological polar surface area (TPSA) is 510 Å². The first-order valence-corrected chi connectivity index (χ1v) is 34.1. The van der Waals surface area contributed by atoms with Gasteiger partial charge in [-0.3, -0.25) is 18.8 Å². The third-order valence-electron chi connectivity index (χ3n) is 13.8. The van der Waals surface area contributed by atoms with E-state index in [9.17, 15) is 19.2 Å². The van der Waals surface area contributed by atoms with Gasteiger partial charge in [0, 0.05) is 47.3 Å². The molecular formula is C70H74BCl7N20O12. The minimum atomic E-state index is -1.55. The van der Waals surface area contributed by atoms with Crippen LogP contribution in [0.5, 0.6) is 0 Å². The Labute approximate surface area is 666 Å². The van der Waals surface area contributed by atoms with Gasteiger partial charge in [-0.1, -0.05) is 147 Å². The molecular weight excluding hydrogens is 1570 g/mol. The number of aliphatic hydroxyl groups is 3. The number of halogens is 7. The Balaban J connectivity index is 0.000000353. The van der Waals surface area contributed by atoms with Crippen molar-refractivity contribution in [3.63, 3.8) is 0 Å². The number of hydrogen-bond donors (Lipinski definition) is 12. The second kappa shape index (κ2) is 48.5. The zero-order valence-corrected chi connectivity index (χ0v) is 62.1. The van der Waals surface area contributed by atoms with Gasteiger partial charge >= 0.3 is 25.0 Å². The molecule has 7 heterocycles. The molecule has 0 unspecified atom stereocenters. The van der Waals surface area contributed by atoms with E-state index < -0.39 is 25.0 Å². The molecule has 0 aliphatic heterocycles. The number of carboxylic acids is 3. The number of rotatable bonds is 22. The summed E-state index contributed by atoms with van der Waals surface area (Å²) in [6.07, 6.45) is 17.2. The van der Waals surface area contributed by atoms with Crippen LogP contribution in [0.1, 0.15) is 89.4 Å². The molecule has 0 fully saturated rings. The largest absolute Gasteiger partial charge is 0.488 e. The first-order chi connectivity index (χ1) is 51.6. The summed E-state index contributed by atoms with van der Waals surface area (Å²) in [6, 6.07) is 28.6. The maximum absolute atomic E-state index is 12.4.